The molecule has 2 heterocycles. The fourth-order valence-corrected chi connectivity index (χ4v) is 10.8. The number of hydrogen-bond acceptors (Lipinski definition) is 1. The molecular formula is C60H47NS. The van der Waals surface area contributed by atoms with E-state index in [0.717, 1.165) is 5.69 Å². The Morgan fingerprint density at radius 3 is 1.32 bits per heavy atom. The van der Waals surface area contributed by atoms with Gasteiger partial charge in [0.05, 0.1) is 11.0 Å². The van der Waals surface area contributed by atoms with Crippen molar-refractivity contribution in [1.29, 1.82) is 0 Å². The largest absolute Gasteiger partial charge is 0.309 e. The number of para-hydroxylation sites is 1. The highest BCUT2D eigenvalue weighted by Crippen LogP contribution is 2.47. The SMILES string of the molecule is CC.CC.c1ccc(-c2c3ccccc3c(-c3ccccc3)c3cc(-n4c5ccccc5c5ccc(-c6cccc7c6sc6c(-c8ccccc8)cccc67)cc54)ccc23)cc1. The molecule has 2 heteroatoms. The molecule has 0 aliphatic carbocycles. The lowest BCUT2D eigenvalue weighted by Crippen LogP contribution is -1.96. The maximum atomic E-state index is 2.48. The fourth-order valence-electron chi connectivity index (χ4n) is 9.45. The van der Waals surface area contributed by atoms with Gasteiger partial charge in [0, 0.05) is 36.6 Å². The molecule has 0 bridgehead atoms. The molecule has 12 rings (SSSR count). The second-order valence-corrected chi connectivity index (χ2v) is 16.2. The zero-order valence-corrected chi connectivity index (χ0v) is 36.4. The quantitative estimate of drug-likeness (QED) is 0.153. The molecule has 0 fully saturated rings. The van der Waals surface area contributed by atoms with Crippen molar-refractivity contribution in [2.24, 2.45) is 0 Å². The van der Waals surface area contributed by atoms with E-state index in [-0.39, 0.29) is 0 Å². The minimum atomic E-state index is 1.15. The average Bonchev–Trinajstić information content (AvgIpc) is 3.91. The van der Waals surface area contributed by atoms with Crippen LogP contribution in [0, 0.1) is 0 Å². The van der Waals surface area contributed by atoms with Gasteiger partial charge in [-0.2, -0.15) is 0 Å². The molecule has 0 spiro atoms. The van der Waals surface area contributed by atoms with Gasteiger partial charge in [0.2, 0.25) is 0 Å². The van der Waals surface area contributed by atoms with Crippen molar-refractivity contribution >= 4 is 74.9 Å². The second kappa shape index (κ2) is 16.7. The van der Waals surface area contributed by atoms with Crippen LogP contribution in [0.4, 0.5) is 0 Å². The minimum absolute atomic E-state index is 1.15. The summed E-state index contributed by atoms with van der Waals surface area (Å²) in [6.07, 6.45) is 0. The molecule has 12 aromatic rings. The molecule has 0 radical (unpaired) electrons. The standard InChI is InChI=1S/C56H35NS.2C2H6/c1-4-16-36(17-5-1)41-25-14-27-48-49-28-15-26-42(56(49)58-55(41)48)39-30-32-44-43-22-12-13-29-51(43)57(52(44)34-39)40-31-33-47-50(35-40)54(38-20-8-3-9-21-38)46-24-11-10-23-45(46)53(47)37-18-6-2-7-19-37;2*1-2/h1-35H;2*1-2H3. The summed E-state index contributed by atoms with van der Waals surface area (Å²) >= 11 is 1.91. The van der Waals surface area contributed by atoms with Gasteiger partial charge in [-0.15, -0.1) is 11.3 Å². The first-order chi connectivity index (χ1) is 30.8. The van der Waals surface area contributed by atoms with Crippen molar-refractivity contribution in [3.8, 4) is 50.2 Å². The van der Waals surface area contributed by atoms with Crippen LogP contribution in [0.5, 0.6) is 0 Å². The third-order valence-electron chi connectivity index (χ3n) is 12.0. The average molecular weight is 814 g/mol. The van der Waals surface area contributed by atoms with E-state index in [0.29, 0.717) is 0 Å². The van der Waals surface area contributed by atoms with E-state index in [1.165, 1.54) is 108 Å². The number of hydrogen-bond donors (Lipinski definition) is 0. The summed E-state index contributed by atoms with van der Waals surface area (Å²) < 4.78 is 5.14. The molecule has 0 amide bonds. The summed E-state index contributed by atoms with van der Waals surface area (Å²) in [6.45, 7) is 8.00. The van der Waals surface area contributed by atoms with Gasteiger partial charge in [-0.3, -0.25) is 0 Å². The Kier molecular flexibility index (Phi) is 10.5. The van der Waals surface area contributed by atoms with Crippen LogP contribution in [0.25, 0.3) is 114 Å². The number of thiophene rings is 1. The van der Waals surface area contributed by atoms with Crippen LogP contribution in [0.1, 0.15) is 27.7 Å². The first-order valence-electron chi connectivity index (χ1n) is 21.9. The number of rotatable bonds is 5. The Morgan fingerprint density at radius 1 is 0.290 bits per heavy atom. The second-order valence-electron chi connectivity index (χ2n) is 15.2. The van der Waals surface area contributed by atoms with Gasteiger partial charge in [-0.05, 0) is 90.3 Å². The Bertz CT molecular complexity index is 3540. The number of aromatic nitrogens is 1. The summed E-state index contributed by atoms with van der Waals surface area (Å²) in [5.74, 6) is 0. The summed E-state index contributed by atoms with van der Waals surface area (Å²) in [7, 11) is 0. The minimum Gasteiger partial charge on any atom is -0.309 e. The van der Waals surface area contributed by atoms with Crippen LogP contribution in [0.2, 0.25) is 0 Å². The van der Waals surface area contributed by atoms with Gasteiger partial charge in [0.25, 0.3) is 0 Å². The van der Waals surface area contributed by atoms with E-state index in [1.807, 2.05) is 39.0 Å². The Hall–Kier alpha value is -7.26. The molecule has 298 valence electrons. The predicted molar refractivity (Wildman–Crippen MR) is 273 cm³/mol. The van der Waals surface area contributed by atoms with Crippen molar-refractivity contribution in [1.82, 2.24) is 4.57 Å². The van der Waals surface area contributed by atoms with Crippen molar-refractivity contribution in [3.05, 3.63) is 212 Å². The summed E-state index contributed by atoms with van der Waals surface area (Å²) in [4.78, 5) is 0. The lowest BCUT2D eigenvalue weighted by molar-refractivity contribution is 1.19. The molecule has 1 nitrogen and oxygen atoms in total. The molecule has 62 heavy (non-hydrogen) atoms. The van der Waals surface area contributed by atoms with Gasteiger partial charge in [-0.1, -0.05) is 216 Å². The maximum absolute atomic E-state index is 2.48. The first kappa shape index (κ1) is 38.9. The highest BCUT2D eigenvalue weighted by atomic mass is 32.1. The van der Waals surface area contributed by atoms with E-state index in [9.17, 15) is 0 Å². The van der Waals surface area contributed by atoms with E-state index in [1.54, 1.807) is 0 Å². The highest BCUT2D eigenvalue weighted by molar-refractivity contribution is 7.26. The summed E-state index contributed by atoms with van der Waals surface area (Å²) in [5, 5.41) is 10.1. The molecule has 0 atom stereocenters. The number of benzene rings is 10. The molecular weight excluding hydrogens is 767 g/mol. The molecule has 10 aromatic carbocycles. The Morgan fingerprint density at radius 2 is 0.726 bits per heavy atom. The van der Waals surface area contributed by atoms with Crippen molar-refractivity contribution in [2.45, 2.75) is 27.7 Å². The molecule has 0 N–H and O–H groups in total. The van der Waals surface area contributed by atoms with Gasteiger partial charge in [-0.25, -0.2) is 0 Å². The Balaban J connectivity index is 0.00000112. The summed E-state index contributed by atoms with van der Waals surface area (Å²) in [6, 6.07) is 78.1. The number of nitrogens with zero attached hydrogens (tertiary/aromatic N) is 1. The monoisotopic (exact) mass is 813 g/mol. The molecule has 0 saturated heterocycles. The zero-order chi connectivity index (χ0) is 42.2. The van der Waals surface area contributed by atoms with E-state index in [4.69, 9.17) is 0 Å². The lowest BCUT2D eigenvalue weighted by atomic mass is 9.86. The predicted octanol–water partition coefficient (Wildman–Crippen LogP) is 18.2. The third kappa shape index (κ3) is 6.38. The molecule has 0 aliphatic rings. The van der Waals surface area contributed by atoms with E-state index >= 15 is 0 Å². The van der Waals surface area contributed by atoms with Crippen LogP contribution in [-0.4, -0.2) is 4.57 Å². The van der Waals surface area contributed by atoms with Crippen LogP contribution < -0.4 is 0 Å². The van der Waals surface area contributed by atoms with Crippen molar-refractivity contribution in [2.75, 3.05) is 0 Å². The van der Waals surface area contributed by atoms with Gasteiger partial charge in [0.1, 0.15) is 0 Å². The molecule has 2 aromatic heterocycles. The van der Waals surface area contributed by atoms with E-state index < -0.39 is 0 Å². The van der Waals surface area contributed by atoms with E-state index in [2.05, 4.69) is 217 Å². The third-order valence-corrected chi connectivity index (χ3v) is 13.3. The van der Waals surface area contributed by atoms with Crippen LogP contribution in [0.15, 0.2) is 212 Å². The smallest absolute Gasteiger partial charge is 0.0547 e. The zero-order valence-electron chi connectivity index (χ0n) is 35.6. The maximum Gasteiger partial charge on any atom is 0.0547 e. The lowest BCUT2D eigenvalue weighted by Gasteiger charge is -2.19. The normalized spacial score (nSPS) is 11.2. The molecule has 0 aliphatic heterocycles. The van der Waals surface area contributed by atoms with Crippen LogP contribution in [-0.2, 0) is 0 Å². The first-order valence-corrected chi connectivity index (χ1v) is 22.7. The molecule has 0 saturated carbocycles. The molecule has 0 unspecified atom stereocenters. The highest BCUT2D eigenvalue weighted by Gasteiger charge is 2.20. The Labute approximate surface area is 367 Å². The van der Waals surface area contributed by atoms with Crippen LogP contribution >= 0.6 is 11.3 Å². The van der Waals surface area contributed by atoms with Crippen molar-refractivity contribution < 1.29 is 0 Å². The van der Waals surface area contributed by atoms with Gasteiger partial charge < -0.3 is 4.57 Å². The topological polar surface area (TPSA) is 4.93 Å². The van der Waals surface area contributed by atoms with Gasteiger partial charge in [0.15, 0.2) is 0 Å². The van der Waals surface area contributed by atoms with Gasteiger partial charge >= 0.3 is 0 Å². The fraction of sp³-hybridized carbons (Fsp3) is 0.0667. The van der Waals surface area contributed by atoms with Crippen molar-refractivity contribution in [3.63, 3.8) is 0 Å². The number of fused-ring (bicyclic) bond motifs is 8. The summed E-state index contributed by atoms with van der Waals surface area (Å²) in [5.41, 5.74) is 13.6. The van der Waals surface area contributed by atoms with Crippen LogP contribution in [0.3, 0.4) is 0 Å².